The number of carbonyl (C=O) groups is 1. The van der Waals surface area contributed by atoms with Gasteiger partial charge in [0.05, 0.1) is 0 Å². The number of nitrogens with zero attached hydrogens (tertiary/aromatic N) is 1. The Balaban J connectivity index is 2.50. The van der Waals surface area contributed by atoms with Crippen LogP contribution in [0.3, 0.4) is 0 Å². The van der Waals surface area contributed by atoms with Crippen LogP contribution in [0.25, 0.3) is 6.08 Å². The van der Waals surface area contributed by atoms with E-state index in [9.17, 15) is 4.79 Å². The van der Waals surface area contributed by atoms with Crippen LogP contribution < -0.4 is 5.32 Å². The fourth-order valence-corrected chi connectivity index (χ4v) is 0.672. The lowest BCUT2D eigenvalue weighted by Gasteiger charge is -1.88. The van der Waals surface area contributed by atoms with Crippen LogP contribution in [0.2, 0.25) is 0 Å². The van der Waals surface area contributed by atoms with Crippen molar-refractivity contribution in [3.8, 4) is 0 Å². The average Bonchev–Trinajstić information content (AvgIpc) is 2.53. The molecule has 0 radical (unpaired) electrons. The highest BCUT2D eigenvalue weighted by molar-refractivity contribution is 5.91. The molecule has 0 aromatic carbocycles. The monoisotopic (exact) mass is 163 g/mol. The molecule has 1 aromatic heterocycles. The van der Waals surface area contributed by atoms with E-state index < -0.39 is 0 Å². The summed E-state index contributed by atoms with van der Waals surface area (Å²) in [5.41, 5.74) is 0. The third-order valence-corrected chi connectivity index (χ3v) is 1.16. The van der Waals surface area contributed by atoms with E-state index in [0.29, 0.717) is 5.82 Å². The summed E-state index contributed by atoms with van der Waals surface area (Å²) in [5.74, 6) is 0.426. The van der Waals surface area contributed by atoms with Crippen LogP contribution in [0.15, 0.2) is 31.2 Å². The molecule has 2 N–H and O–H groups in total. The van der Waals surface area contributed by atoms with Gasteiger partial charge in [-0.15, -0.1) is 0 Å². The molecule has 12 heavy (non-hydrogen) atoms. The Morgan fingerprint density at radius 2 is 2.58 bits per heavy atom. The second-order valence-corrected chi connectivity index (χ2v) is 2.02. The molecule has 0 aliphatic carbocycles. The number of imidazole rings is 1. The van der Waals surface area contributed by atoms with Crippen molar-refractivity contribution in [2.75, 3.05) is 0 Å². The first-order valence-electron chi connectivity index (χ1n) is 3.42. The van der Waals surface area contributed by atoms with Crippen molar-refractivity contribution in [3.05, 3.63) is 37.1 Å². The first-order chi connectivity index (χ1) is 5.83. The summed E-state index contributed by atoms with van der Waals surface area (Å²) in [5, 5.41) is 2.40. The maximum absolute atomic E-state index is 10.8. The zero-order chi connectivity index (χ0) is 8.81. The molecule has 0 aliphatic rings. The standard InChI is InChI=1S/C8H9N3O/c1-2-9-8(12)4-3-7-10-5-6-11-7/h2-6H,1H2,(H,9,12)(H,10,11). The van der Waals surface area contributed by atoms with Gasteiger partial charge in [0.25, 0.3) is 0 Å². The lowest BCUT2D eigenvalue weighted by molar-refractivity contribution is -0.115. The Bertz CT molecular complexity index is 287. The molecule has 0 bridgehead atoms. The molecule has 0 spiro atoms. The zero-order valence-corrected chi connectivity index (χ0v) is 6.45. The summed E-state index contributed by atoms with van der Waals surface area (Å²) in [7, 11) is 0. The van der Waals surface area contributed by atoms with Gasteiger partial charge >= 0.3 is 0 Å². The number of nitrogens with one attached hydrogen (secondary N) is 2. The number of aromatic amines is 1. The Kier molecular flexibility index (Phi) is 2.84. The third-order valence-electron chi connectivity index (χ3n) is 1.16. The van der Waals surface area contributed by atoms with Crippen LogP contribution in [0.1, 0.15) is 5.82 Å². The van der Waals surface area contributed by atoms with Gasteiger partial charge in [-0.1, -0.05) is 6.58 Å². The molecule has 1 heterocycles. The summed E-state index contributed by atoms with van der Waals surface area (Å²) in [6.07, 6.45) is 7.59. The molecule has 0 fully saturated rings. The summed E-state index contributed by atoms with van der Waals surface area (Å²) in [6, 6.07) is 0. The van der Waals surface area contributed by atoms with E-state index in [2.05, 4.69) is 21.9 Å². The molecule has 0 atom stereocenters. The summed E-state index contributed by atoms with van der Waals surface area (Å²) >= 11 is 0. The second-order valence-electron chi connectivity index (χ2n) is 2.02. The lowest BCUT2D eigenvalue weighted by Crippen LogP contribution is -2.12. The van der Waals surface area contributed by atoms with Crippen LogP contribution in [0, 0.1) is 0 Å². The van der Waals surface area contributed by atoms with Crippen molar-refractivity contribution in [3.63, 3.8) is 0 Å². The molecule has 0 saturated carbocycles. The Morgan fingerprint density at radius 1 is 1.75 bits per heavy atom. The largest absolute Gasteiger partial charge is 0.345 e. The van der Waals surface area contributed by atoms with E-state index in [1.165, 1.54) is 12.3 Å². The van der Waals surface area contributed by atoms with E-state index in [0.717, 1.165) is 0 Å². The molecular weight excluding hydrogens is 154 g/mol. The highest BCUT2D eigenvalue weighted by Gasteiger charge is 1.90. The second kappa shape index (κ2) is 4.12. The van der Waals surface area contributed by atoms with Crippen molar-refractivity contribution in [1.29, 1.82) is 0 Å². The van der Waals surface area contributed by atoms with E-state index in [-0.39, 0.29) is 5.91 Å². The molecule has 62 valence electrons. The third kappa shape index (κ3) is 2.42. The topological polar surface area (TPSA) is 57.8 Å². The predicted octanol–water partition coefficient (Wildman–Crippen LogP) is 0.683. The Morgan fingerprint density at radius 3 is 3.17 bits per heavy atom. The van der Waals surface area contributed by atoms with Crippen molar-refractivity contribution in [1.82, 2.24) is 15.3 Å². The van der Waals surface area contributed by atoms with Gasteiger partial charge in [0.15, 0.2) is 0 Å². The molecule has 1 aromatic rings. The van der Waals surface area contributed by atoms with Gasteiger partial charge in [-0.2, -0.15) is 0 Å². The fraction of sp³-hybridized carbons (Fsp3) is 0. The zero-order valence-electron chi connectivity index (χ0n) is 6.45. The van der Waals surface area contributed by atoms with E-state index in [1.807, 2.05) is 0 Å². The average molecular weight is 163 g/mol. The first kappa shape index (κ1) is 8.26. The molecule has 1 amide bonds. The van der Waals surface area contributed by atoms with E-state index in [1.54, 1.807) is 18.5 Å². The van der Waals surface area contributed by atoms with E-state index in [4.69, 9.17) is 0 Å². The Labute approximate surface area is 70.0 Å². The fourth-order valence-electron chi connectivity index (χ4n) is 0.672. The van der Waals surface area contributed by atoms with Crippen molar-refractivity contribution in [2.24, 2.45) is 0 Å². The number of hydrogen-bond acceptors (Lipinski definition) is 2. The highest BCUT2D eigenvalue weighted by Crippen LogP contribution is 1.90. The quantitative estimate of drug-likeness (QED) is 0.644. The van der Waals surface area contributed by atoms with Gasteiger partial charge in [0, 0.05) is 18.5 Å². The molecule has 0 unspecified atom stereocenters. The summed E-state index contributed by atoms with van der Waals surface area (Å²) < 4.78 is 0. The molecular formula is C8H9N3O. The van der Waals surface area contributed by atoms with Crippen LogP contribution in [-0.4, -0.2) is 15.9 Å². The van der Waals surface area contributed by atoms with Crippen LogP contribution in [0.4, 0.5) is 0 Å². The predicted molar refractivity (Wildman–Crippen MR) is 46.0 cm³/mol. The number of H-pyrrole nitrogens is 1. The maximum Gasteiger partial charge on any atom is 0.248 e. The lowest BCUT2D eigenvalue weighted by atomic mass is 10.4. The molecule has 0 saturated heterocycles. The number of carbonyl (C=O) groups excluding carboxylic acids is 1. The molecule has 0 aliphatic heterocycles. The van der Waals surface area contributed by atoms with Gasteiger partial charge in [0.2, 0.25) is 5.91 Å². The molecule has 4 nitrogen and oxygen atoms in total. The van der Waals surface area contributed by atoms with Crippen molar-refractivity contribution in [2.45, 2.75) is 0 Å². The van der Waals surface area contributed by atoms with Gasteiger partial charge in [-0.3, -0.25) is 4.79 Å². The first-order valence-corrected chi connectivity index (χ1v) is 3.42. The normalized spacial score (nSPS) is 10.0. The van der Waals surface area contributed by atoms with Crippen LogP contribution in [0.5, 0.6) is 0 Å². The molecule has 1 rings (SSSR count). The van der Waals surface area contributed by atoms with E-state index >= 15 is 0 Å². The van der Waals surface area contributed by atoms with Gasteiger partial charge < -0.3 is 10.3 Å². The summed E-state index contributed by atoms with van der Waals surface area (Å²) in [4.78, 5) is 17.6. The number of aromatic nitrogens is 2. The number of hydrogen-bond donors (Lipinski definition) is 2. The van der Waals surface area contributed by atoms with Gasteiger partial charge in [-0.05, 0) is 12.3 Å². The maximum atomic E-state index is 10.8. The highest BCUT2D eigenvalue weighted by atomic mass is 16.1. The number of rotatable bonds is 3. The van der Waals surface area contributed by atoms with Crippen molar-refractivity contribution < 1.29 is 4.79 Å². The minimum Gasteiger partial charge on any atom is -0.345 e. The van der Waals surface area contributed by atoms with Crippen LogP contribution in [-0.2, 0) is 4.79 Å². The van der Waals surface area contributed by atoms with Crippen molar-refractivity contribution >= 4 is 12.0 Å². The Hall–Kier alpha value is -1.84. The van der Waals surface area contributed by atoms with Gasteiger partial charge in [0.1, 0.15) is 5.82 Å². The minimum atomic E-state index is -0.221. The smallest absolute Gasteiger partial charge is 0.248 e. The van der Waals surface area contributed by atoms with Crippen LogP contribution >= 0.6 is 0 Å². The SMILES string of the molecule is C=CNC(=O)C=Cc1ncc[nH]1. The number of amides is 1. The van der Waals surface area contributed by atoms with Gasteiger partial charge in [-0.25, -0.2) is 4.98 Å². The minimum absolute atomic E-state index is 0.221. The summed E-state index contributed by atoms with van der Waals surface area (Å²) in [6.45, 7) is 3.36. The molecule has 4 heteroatoms.